The Morgan fingerprint density at radius 2 is 1.54 bits per heavy atom. The van der Waals surface area contributed by atoms with Gasteiger partial charge < -0.3 is 28.9 Å². The highest BCUT2D eigenvalue weighted by Gasteiger charge is 2.32. The van der Waals surface area contributed by atoms with Crippen LogP contribution in [0.3, 0.4) is 0 Å². The van der Waals surface area contributed by atoms with Crippen molar-refractivity contribution in [2.24, 2.45) is 5.92 Å². The minimum Gasteiger partial charge on any atom is -0.459 e. The fraction of sp³-hybridized carbons (Fsp3) is 0.621. The normalized spacial score (nSPS) is 14.3. The number of likely N-dealkylation sites (N-methyl/N-ethyl adjacent to an activating group) is 1. The molecule has 1 unspecified atom stereocenters. The average Bonchev–Trinajstić information content (AvgIpc) is 2.90. The number of nitrogens with zero attached hydrogens (tertiary/aromatic N) is 3. The Bertz CT molecular complexity index is 1030. The van der Waals surface area contributed by atoms with Gasteiger partial charge in [-0.1, -0.05) is 44.2 Å². The van der Waals surface area contributed by atoms with Gasteiger partial charge in [0, 0.05) is 33.2 Å². The van der Waals surface area contributed by atoms with Gasteiger partial charge in [0.1, 0.15) is 18.8 Å². The monoisotopic (exact) mass is 576 g/mol. The van der Waals surface area contributed by atoms with E-state index in [1.807, 2.05) is 44.2 Å². The number of benzene rings is 1. The summed E-state index contributed by atoms with van der Waals surface area (Å²) < 4.78 is 16.1. The van der Waals surface area contributed by atoms with Gasteiger partial charge in [-0.15, -0.1) is 0 Å². The summed E-state index contributed by atoms with van der Waals surface area (Å²) in [4.78, 5) is 66.8. The molecule has 0 aliphatic carbocycles. The molecule has 0 spiro atoms. The first-order chi connectivity index (χ1) is 19.2. The van der Waals surface area contributed by atoms with E-state index in [1.165, 1.54) is 11.9 Å². The number of rotatable bonds is 12. The van der Waals surface area contributed by atoms with Gasteiger partial charge in [-0.25, -0.2) is 4.79 Å². The molecule has 1 aliphatic heterocycles. The second kappa shape index (κ2) is 15.9. The summed E-state index contributed by atoms with van der Waals surface area (Å²) in [5.74, 6) is -1.89. The van der Waals surface area contributed by atoms with E-state index in [1.54, 1.807) is 30.6 Å². The van der Waals surface area contributed by atoms with Gasteiger partial charge in [0.05, 0.1) is 13.1 Å². The summed E-state index contributed by atoms with van der Waals surface area (Å²) in [6.45, 7) is 9.74. The van der Waals surface area contributed by atoms with Crippen molar-refractivity contribution in [3.05, 3.63) is 35.9 Å². The topological polar surface area (TPSA) is 135 Å². The Labute approximate surface area is 242 Å². The molecule has 12 nitrogen and oxygen atoms in total. The van der Waals surface area contributed by atoms with E-state index in [2.05, 4.69) is 5.32 Å². The minimum atomic E-state index is -1.01. The van der Waals surface area contributed by atoms with Crippen LogP contribution in [0.15, 0.2) is 30.3 Å². The van der Waals surface area contributed by atoms with Gasteiger partial charge in [-0.3, -0.25) is 24.5 Å². The molecule has 1 aromatic carbocycles. The quantitative estimate of drug-likeness (QED) is 0.292. The summed E-state index contributed by atoms with van der Waals surface area (Å²) >= 11 is 0. The van der Waals surface area contributed by atoms with Crippen LogP contribution in [0.4, 0.5) is 4.79 Å². The van der Waals surface area contributed by atoms with Gasteiger partial charge >= 0.3 is 18.0 Å². The number of carbonyl (C=O) groups excluding carboxylic acids is 5. The lowest BCUT2D eigenvalue weighted by atomic mass is 10.0. The molecular weight excluding hydrogens is 532 g/mol. The summed E-state index contributed by atoms with van der Waals surface area (Å²) in [5.41, 5.74) is 0.257. The van der Waals surface area contributed by atoms with Crippen LogP contribution in [0.25, 0.3) is 0 Å². The minimum absolute atomic E-state index is 0.0717. The third-order valence-electron chi connectivity index (χ3n) is 6.05. The molecule has 1 aliphatic rings. The first kappa shape index (κ1) is 33.5. The number of nitrogens with one attached hydrogen (secondary N) is 1. The largest absolute Gasteiger partial charge is 0.459 e. The van der Waals surface area contributed by atoms with Crippen LogP contribution in [0, 0.1) is 5.92 Å². The van der Waals surface area contributed by atoms with Gasteiger partial charge in [0.25, 0.3) is 5.91 Å². The molecule has 0 radical (unpaired) electrons. The van der Waals surface area contributed by atoms with Crippen molar-refractivity contribution in [2.45, 2.75) is 59.4 Å². The van der Waals surface area contributed by atoms with Crippen LogP contribution in [0.2, 0.25) is 0 Å². The van der Waals surface area contributed by atoms with Crippen LogP contribution < -0.4 is 5.32 Å². The predicted molar refractivity (Wildman–Crippen MR) is 150 cm³/mol. The number of esters is 2. The van der Waals surface area contributed by atoms with Crippen molar-refractivity contribution < 1.29 is 38.2 Å². The standard InChI is InChI=1S/C29H44N4O8/c1-21(2)16-23(40-26(36)19-31(6)24(34)17-30-18-25(35)41-29(3,4)5)27(37)32-12-14-33(15-13-32)28(38)39-20-22-10-8-7-9-11-22/h7-11,21,23,30H,12-20H2,1-6H3. The SMILES string of the molecule is CC(C)CC(OC(=O)CN(C)C(=O)CNCC(=O)OC(C)(C)C)C(=O)N1CCN(C(=O)OCc2ccccc2)CC1. The number of hydrogen-bond acceptors (Lipinski definition) is 9. The highest BCUT2D eigenvalue weighted by Crippen LogP contribution is 2.15. The summed E-state index contributed by atoms with van der Waals surface area (Å²) in [6, 6.07) is 9.37. The van der Waals surface area contributed by atoms with Crippen molar-refractivity contribution >= 4 is 29.8 Å². The zero-order valence-corrected chi connectivity index (χ0v) is 25.0. The summed E-state index contributed by atoms with van der Waals surface area (Å²) in [6.07, 6.45) is -1.13. The Hall–Kier alpha value is -3.67. The van der Waals surface area contributed by atoms with Crippen LogP contribution in [-0.4, -0.2) is 109 Å². The van der Waals surface area contributed by atoms with Crippen LogP contribution in [0.1, 0.15) is 46.6 Å². The zero-order chi connectivity index (χ0) is 30.6. The van der Waals surface area contributed by atoms with E-state index >= 15 is 0 Å². The van der Waals surface area contributed by atoms with E-state index < -0.39 is 35.6 Å². The van der Waals surface area contributed by atoms with Crippen LogP contribution >= 0.6 is 0 Å². The predicted octanol–water partition coefficient (Wildman–Crippen LogP) is 1.82. The maximum Gasteiger partial charge on any atom is 0.410 e. The van der Waals surface area contributed by atoms with Crippen molar-refractivity contribution in [1.29, 1.82) is 0 Å². The molecule has 228 valence electrons. The van der Waals surface area contributed by atoms with Gasteiger partial charge in [-0.05, 0) is 38.7 Å². The Morgan fingerprint density at radius 1 is 0.927 bits per heavy atom. The smallest absolute Gasteiger partial charge is 0.410 e. The second-order valence-electron chi connectivity index (χ2n) is 11.4. The molecule has 1 N–H and O–H groups in total. The molecule has 0 aromatic heterocycles. The lowest BCUT2D eigenvalue weighted by Crippen LogP contribution is -2.54. The maximum atomic E-state index is 13.3. The molecule has 1 atom stereocenters. The van der Waals surface area contributed by atoms with Crippen LogP contribution in [0.5, 0.6) is 0 Å². The highest BCUT2D eigenvalue weighted by molar-refractivity contribution is 5.87. The number of amides is 3. The Morgan fingerprint density at radius 3 is 2.12 bits per heavy atom. The molecular formula is C29H44N4O8. The second-order valence-corrected chi connectivity index (χ2v) is 11.4. The Balaban J connectivity index is 1.81. The fourth-order valence-corrected chi connectivity index (χ4v) is 4.01. The van der Waals surface area contributed by atoms with E-state index in [9.17, 15) is 24.0 Å². The lowest BCUT2D eigenvalue weighted by molar-refractivity contribution is -0.163. The number of piperazine rings is 1. The summed E-state index contributed by atoms with van der Waals surface area (Å²) in [5, 5.41) is 2.70. The van der Waals surface area contributed by atoms with E-state index in [0.717, 1.165) is 5.56 Å². The molecule has 41 heavy (non-hydrogen) atoms. The van der Waals surface area contributed by atoms with E-state index in [-0.39, 0.29) is 51.2 Å². The van der Waals surface area contributed by atoms with E-state index in [0.29, 0.717) is 19.5 Å². The molecule has 3 amide bonds. The number of carbonyl (C=O) groups is 5. The molecule has 2 rings (SSSR count). The maximum absolute atomic E-state index is 13.3. The lowest BCUT2D eigenvalue weighted by Gasteiger charge is -2.36. The highest BCUT2D eigenvalue weighted by atomic mass is 16.6. The van der Waals surface area contributed by atoms with Crippen molar-refractivity contribution in [1.82, 2.24) is 20.0 Å². The number of hydrogen-bond donors (Lipinski definition) is 1. The third kappa shape index (κ3) is 12.6. The molecule has 1 aromatic rings. The fourth-order valence-electron chi connectivity index (χ4n) is 4.01. The van der Waals surface area contributed by atoms with Gasteiger partial charge in [0.15, 0.2) is 6.10 Å². The Kier molecular flexibility index (Phi) is 13.0. The first-order valence-corrected chi connectivity index (χ1v) is 13.9. The zero-order valence-electron chi connectivity index (χ0n) is 25.0. The van der Waals surface area contributed by atoms with E-state index in [4.69, 9.17) is 14.2 Å². The van der Waals surface area contributed by atoms with Crippen LogP contribution in [-0.2, 0) is 40.0 Å². The third-order valence-corrected chi connectivity index (χ3v) is 6.05. The van der Waals surface area contributed by atoms with Gasteiger partial charge in [-0.2, -0.15) is 0 Å². The summed E-state index contributed by atoms with van der Waals surface area (Å²) in [7, 11) is 1.44. The van der Waals surface area contributed by atoms with Crippen molar-refractivity contribution in [2.75, 3.05) is 52.9 Å². The molecule has 1 saturated heterocycles. The van der Waals surface area contributed by atoms with Gasteiger partial charge in [0.2, 0.25) is 5.91 Å². The molecule has 1 heterocycles. The molecule has 1 fully saturated rings. The number of ether oxygens (including phenoxy) is 3. The molecule has 0 saturated carbocycles. The first-order valence-electron chi connectivity index (χ1n) is 13.9. The average molecular weight is 577 g/mol. The molecule has 0 bridgehead atoms. The van der Waals surface area contributed by atoms with Crippen molar-refractivity contribution in [3.8, 4) is 0 Å². The van der Waals surface area contributed by atoms with Crippen molar-refractivity contribution in [3.63, 3.8) is 0 Å². The molecule has 12 heteroatoms.